The first-order valence-corrected chi connectivity index (χ1v) is 5.68. The summed E-state index contributed by atoms with van der Waals surface area (Å²) >= 11 is 3.13. The van der Waals surface area contributed by atoms with E-state index in [4.69, 9.17) is 0 Å². The maximum Gasteiger partial charge on any atom is 0.329 e. The van der Waals surface area contributed by atoms with Crippen molar-refractivity contribution in [3.63, 3.8) is 0 Å². The Hall–Kier alpha value is -1.96. The molecule has 0 radical (unpaired) electrons. The van der Waals surface area contributed by atoms with E-state index < -0.39 is 23.8 Å². The average Bonchev–Trinajstić information content (AvgIpc) is 2.35. The van der Waals surface area contributed by atoms with E-state index >= 15 is 0 Å². The molecule has 0 spiro atoms. The minimum atomic E-state index is -0.683. The van der Waals surface area contributed by atoms with Gasteiger partial charge in [-0.25, -0.2) is 14.3 Å². The molecule has 2 aromatic rings. The standard InChI is InChI=1S/C10H8BrN3O4/c1-18-7(15)4-14-9(16)8-5(12-10(14)17)2-3-6(11)13-8/h2-3H,4H2,1H3,(H,12,17). The molecule has 8 heteroatoms. The van der Waals surface area contributed by atoms with Gasteiger partial charge in [0.15, 0.2) is 5.52 Å². The van der Waals surface area contributed by atoms with E-state index in [1.807, 2.05) is 0 Å². The van der Waals surface area contributed by atoms with Crippen LogP contribution in [0.15, 0.2) is 26.3 Å². The van der Waals surface area contributed by atoms with Crippen LogP contribution in [0.4, 0.5) is 0 Å². The van der Waals surface area contributed by atoms with Crippen molar-refractivity contribution >= 4 is 32.9 Å². The summed E-state index contributed by atoms with van der Waals surface area (Å²) in [6, 6.07) is 3.15. The van der Waals surface area contributed by atoms with Gasteiger partial charge < -0.3 is 9.72 Å². The second kappa shape index (κ2) is 4.73. The molecular formula is C10H8BrN3O4. The molecule has 1 N–H and O–H groups in total. The van der Waals surface area contributed by atoms with Gasteiger partial charge in [0.05, 0.1) is 12.6 Å². The van der Waals surface area contributed by atoms with Gasteiger partial charge in [0, 0.05) is 0 Å². The number of halogens is 1. The summed E-state index contributed by atoms with van der Waals surface area (Å²) in [5.74, 6) is -0.683. The second-order valence-electron chi connectivity index (χ2n) is 3.43. The first-order chi connectivity index (χ1) is 8.52. The first-order valence-electron chi connectivity index (χ1n) is 4.89. The number of pyridine rings is 1. The number of nitrogens with one attached hydrogen (secondary N) is 1. The summed E-state index contributed by atoms with van der Waals surface area (Å²) in [5.41, 5.74) is -0.926. The van der Waals surface area contributed by atoms with Gasteiger partial charge >= 0.3 is 11.7 Å². The number of fused-ring (bicyclic) bond motifs is 1. The van der Waals surface area contributed by atoms with Crippen LogP contribution in [-0.2, 0) is 16.1 Å². The molecule has 2 heterocycles. The van der Waals surface area contributed by atoms with Crippen molar-refractivity contribution in [1.82, 2.24) is 14.5 Å². The lowest BCUT2D eigenvalue weighted by molar-refractivity contribution is -0.141. The number of methoxy groups -OCH3 is 1. The number of aromatic nitrogens is 3. The lowest BCUT2D eigenvalue weighted by atomic mass is 10.3. The molecule has 18 heavy (non-hydrogen) atoms. The summed E-state index contributed by atoms with van der Waals surface area (Å²) < 4.78 is 5.62. The second-order valence-corrected chi connectivity index (χ2v) is 4.24. The van der Waals surface area contributed by atoms with E-state index in [0.29, 0.717) is 10.1 Å². The summed E-state index contributed by atoms with van der Waals surface area (Å²) in [7, 11) is 1.18. The molecule has 0 aliphatic rings. The Bertz CT molecular complexity index is 734. The Morgan fingerprint density at radius 3 is 2.89 bits per heavy atom. The zero-order valence-electron chi connectivity index (χ0n) is 9.27. The average molecular weight is 314 g/mol. The summed E-state index contributed by atoms with van der Waals surface area (Å²) in [5, 5.41) is 0. The molecular weight excluding hydrogens is 306 g/mol. The highest BCUT2D eigenvalue weighted by Gasteiger charge is 2.12. The minimum absolute atomic E-state index is 0.0767. The normalized spacial score (nSPS) is 10.6. The Labute approximate surface area is 109 Å². The molecule has 0 amide bonds. The Morgan fingerprint density at radius 1 is 1.50 bits per heavy atom. The Morgan fingerprint density at radius 2 is 2.22 bits per heavy atom. The Kier molecular flexibility index (Phi) is 3.28. The van der Waals surface area contributed by atoms with Crippen LogP contribution >= 0.6 is 15.9 Å². The summed E-state index contributed by atoms with van der Waals surface area (Å²) in [6.45, 7) is -0.450. The maximum absolute atomic E-state index is 12.0. The topological polar surface area (TPSA) is 94.1 Å². The van der Waals surface area contributed by atoms with Crippen LogP contribution in [0.5, 0.6) is 0 Å². The molecule has 0 saturated carbocycles. The van der Waals surface area contributed by atoms with Crippen LogP contribution < -0.4 is 11.2 Å². The third-order valence-corrected chi connectivity index (χ3v) is 2.75. The van der Waals surface area contributed by atoms with Crippen LogP contribution in [0.25, 0.3) is 11.0 Å². The maximum atomic E-state index is 12.0. The number of hydrogen-bond donors (Lipinski definition) is 1. The van der Waals surface area contributed by atoms with Crippen LogP contribution in [0.3, 0.4) is 0 Å². The molecule has 7 nitrogen and oxygen atoms in total. The van der Waals surface area contributed by atoms with Crippen molar-refractivity contribution in [3.05, 3.63) is 37.6 Å². The number of esters is 1. The number of carbonyl (C=O) groups is 1. The fourth-order valence-electron chi connectivity index (χ4n) is 1.44. The first kappa shape index (κ1) is 12.5. The van der Waals surface area contributed by atoms with Crippen molar-refractivity contribution in [1.29, 1.82) is 0 Å². The van der Waals surface area contributed by atoms with Crippen molar-refractivity contribution in [3.8, 4) is 0 Å². The van der Waals surface area contributed by atoms with Crippen LogP contribution in [0, 0.1) is 0 Å². The molecule has 0 aliphatic heterocycles. The van der Waals surface area contributed by atoms with E-state index in [0.717, 1.165) is 4.57 Å². The summed E-state index contributed by atoms with van der Waals surface area (Å²) in [6.07, 6.45) is 0. The molecule has 0 bridgehead atoms. The number of carbonyl (C=O) groups excluding carboxylic acids is 1. The van der Waals surface area contributed by atoms with Crippen molar-refractivity contribution in [2.45, 2.75) is 6.54 Å². The molecule has 0 atom stereocenters. The largest absolute Gasteiger partial charge is 0.468 e. The monoisotopic (exact) mass is 313 g/mol. The third-order valence-electron chi connectivity index (χ3n) is 2.31. The Balaban J connectivity index is 2.71. The molecule has 0 saturated heterocycles. The van der Waals surface area contributed by atoms with E-state index in [1.54, 1.807) is 12.1 Å². The van der Waals surface area contributed by atoms with Gasteiger partial charge in [0.25, 0.3) is 5.56 Å². The number of aromatic amines is 1. The zero-order chi connectivity index (χ0) is 13.3. The van der Waals surface area contributed by atoms with Crippen LogP contribution in [0.1, 0.15) is 0 Å². The number of rotatable bonds is 2. The molecule has 0 fully saturated rings. The number of ether oxygens (including phenoxy) is 1. The highest BCUT2D eigenvalue weighted by atomic mass is 79.9. The summed E-state index contributed by atoms with van der Waals surface area (Å²) in [4.78, 5) is 41.2. The molecule has 0 aliphatic carbocycles. The number of H-pyrrole nitrogens is 1. The van der Waals surface area contributed by atoms with Gasteiger partial charge in [-0.15, -0.1) is 0 Å². The molecule has 0 aromatic carbocycles. The predicted octanol–water partition coefficient (Wildman–Crippen LogP) is 0.0203. The third kappa shape index (κ3) is 2.19. The highest BCUT2D eigenvalue weighted by Crippen LogP contribution is 2.09. The van der Waals surface area contributed by atoms with Gasteiger partial charge in [-0.3, -0.25) is 9.59 Å². The van der Waals surface area contributed by atoms with Gasteiger partial charge in [-0.2, -0.15) is 0 Å². The SMILES string of the molecule is COC(=O)Cn1c(=O)[nH]c2ccc(Br)nc2c1=O. The van der Waals surface area contributed by atoms with Crippen molar-refractivity contribution in [2.24, 2.45) is 0 Å². The highest BCUT2D eigenvalue weighted by molar-refractivity contribution is 9.10. The van der Waals surface area contributed by atoms with E-state index in [-0.39, 0.29) is 5.52 Å². The molecule has 2 rings (SSSR count). The fraction of sp³-hybridized carbons (Fsp3) is 0.200. The predicted molar refractivity (Wildman–Crippen MR) is 66.3 cm³/mol. The number of nitrogens with zero attached hydrogens (tertiary/aromatic N) is 2. The van der Waals surface area contributed by atoms with Crippen molar-refractivity contribution < 1.29 is 9.53 Å². The minimum Gasteiger partial charge on any atom is -0.468 e. The quantitative estimate of drug-likeness (QED) is 0.623. The van der Waals surface area contributed by atoms with Crippen LogP contribution in [-0.4, -0.2) is 27.6 Å². The van der Waals surface area contributed by atoms with Gasteiger partial charge in [0.2, 0.25) is 0 Å². The number of hydrogen-bond acceptors (Lipinski definition) is 5. The van der Waals surface area contributed by atoms with E-state index in [9.17, 15) is 14.4 Å². The lowest BCUT2D eigenvalue weighted by Gasteiger charge is -2.04. The van der Waals surface area contributed by atoms with Crippen molar-refractivity contribution in [2.75, 3.05) is 7.11 Å². The molecule has 94 valence electrons. The lowest BCUT2D eigenvalue weighted by Crippen LogP contribution is -2.37. The van der Waals surface area contributed by atoms with Gasteiger partial charge in [-0.05, 0) is 28.1 Å². The molecule has 0 unspecified atom stereocenters. The molecule has 2 aromatic heterocycles. The fourth-order valence-corrected chi connectivity index (χ4v) is 1.75. The smallest absolute Gasteiger partial charge is 0.329 e. The van der Waals surface area contributed by atoms with Crippen LogP contribution in [0.2, 0.25) is 0 Å². The van der Waals surface area contributed by atoms with E-state index in [2.05, 4.69) is 30.6 Å². The van der Waals surface area contributed by atoms with E-state index in [1.165, 1.54) is 7.11 Å². The zero-order valence-corrected chi connectivity index (χ0v) is 10.9. The van der Waals surface area contributed by atoms with Gasteiger partial charge in [0.1, 0.15) is 11.1 Å². The van der Waals surface area contributed by atoms with Gasteiger partial charge in [-0.1, -0.05) is 0 Å².